The van der Waals surface area contributed by atoms with Gasteiger partial charge in [-0.15, -0.1) is 0 Å². The van der Waals surface area contributed by atoms with Gasteiger partial charge in [-0.25, -0.2) is 9.59 Å². The van der Waals surface area contributed by atoms with Crippen LogP contribution in [-0.2, 0) is 10.9 Å². The van der Waals surface area contributed by atoms with Crippen molar-refractivity contribution < 1.29 is 32.6 Å². The Balaban J connectivity index is 2.26. The summed E-state index contributed by atoms with van der Waals surface area (Å²) < 4.78 is 41.8. The molecule has 1 aliphatic heterocycles. The first-order valence-electron chi connectivity index (χ1n) is 6.06. The highest BCUT2D eigenvalue weighted by Gasteiger charge is 2.35. The number of hydrogen-bond acceptors (Lipinski definition) is 6. The zero-order valence-electron chi connectivity index (χ0n) is 11.6. The van der Waals surface area contributed by atoms with Gasteiger partial charge >= 0.3 is 18.4 Å². The topological polar surface area (TPSA) is 108 Å². The molecule has 23 heavy (non-hydrogen) atoms. The molecule has 9 nitrogen and oxygen atoms in total. The molecule has 1 unspecified atom stereocenters. The average Bonchev–Trinajstić information content (AvgIpc) is 2.52. The minimum absolute atomic E-state index is 0.237. The van der Waals surface area contributed by atoms with Crippen molar-refractivity contribution in [3.8, 4) is 0 Å². The lowest BCUT2D eigenvalue weighted by atomic mass is 10.1. The van der Waals surface area contributed by atoms with Gasteiger partial charge in [0.05, 0.1) is 13.7 Å². The van der Waals surface area contributed by atoms with E-state index < -0.39 is 30.1 Å². The van der Waals surface area contributed by atoms with Gasteiger partial charge in [0.15, 0.2) is 0 Å². The van der Waals surface area contributed by atoms with Gasteiger partial charge in [-0.05, 0) is 16.9 Å². The van der Waals surface area contributed by atoms with Crippen LogP contribution in [0.4, 0.5) is 22.8 Å². The number of aromatic nitrogens is 1. The fourth-order valence-electron chi connectivity index (χ4n) is 1.78. The molecule has 0 aliphatic carbocycles. The lowest BCUT2D eigenvalue weighted by Gasteiger charge is -2.31. The lowest BCUT2D eigenvalue weighted by Crippen LogP contribution is -2.49. The van der Waals surface area contributed by atoms with E-state index in [2.05, 4.69) is 20.1 Å². The first-order valence-corrected chi connectivity index (χ1v) is 6.06. The molecule has 0 radical (unpaired) electrons. The monoisotopic (exact) mass is 333 g/mol. The predicted molar refractivity (Wildman–Crippen MR) is 65.8 cm³/mol. The van der Waals surface area contributed by atoms with Gasteiger partial charge in [0.1, 0.15) is 11.7 Å². The Kier molecular flexibility index (Phi) is 4.33. The van der Waals surface area contributed by atoms with E-state index in [1.54, 1.807) is 0 Å². The van der Waals surface area contributed by atoms with Crippen LogP contribution in [0.5, 0.6) is 0 Å². The number of rotatable bonds is 1. The minimum atomic E-state index is -4.58. The maximum Gasteiger partial charge on any atom is 0.449 e. The molecule has 2 heterocycles. The van der Waals surface area contributed by atoms with Crippen molar-refractivity contribution in [2.45, 2.75) is 12.2 Å². The van der Waals surface area contributed by atoms with Crippen LogP contribution in [-0.4, -0.2) is 46.1 Å². The molecule has 0 saturated carbocycles. The van der Waals surface area contributed by atoms with Crippen LogP contribution in [0.25, 0.3) is 0 Å². The van der Waals surface area contributed by atoms with E-state index in [-0.39, 0.29) is 17.2 Å². The van der Waals surface area contributed by atoms with Crippen molar-refractivity contribution in [1.82, 2.24) is 15.1 Å². The third kappa shape index (κ3) is 3.46. The molecule has 12 heteroatoms. The molecule has 0 spiro atoms. The van der Waals surface area contributed by atoms with E-state index in [0.717, 1.165) is 25.4 Å². The highest BCUT2D eigenvalue weighted by atomic mass is 19.4. The van der Waals surface area contributed by atoms with Crippen molar-refractivity contribution in [3.63, 3.8) is 0 Å². The van der Waals surface area contributed by atoms with Crippen LogP contribution in [0.1, 0.15) is 17.3 Å². The van der Waals surface area contributed by atoms with E-state index in [1.807, 2.05) is 0 Å². The Morgan fingerprint density at radius 1 is 1.39 bits per heavy atom. The fraction of sp³-hybridized carbons (Fsp3) is 0.364. The van der Waals surface area contributed by atoms with Gasteiger partial charge in [0.25, 0.3) is 0 Å². The Morgan fingerprint density at radius 3 is 2.57 bits per heavy atom. The van der Waals surface area contributed by atoms with Crippen molar-refractivity contribution in [2.75, 3.05) is 13.7 Å². The fourth-order valence-corrected chi connectivity index (χ4v) is 1.78. The lowest BCUT2D eigenvalue weighted by molar-refractivity contribution is -0.141. The first-order chi connectivity index (χ1) is 10.7. The number of halogens is 3. The summed E-state index contributed by atoms with van der Waals surface area (Å²) >= 11 is 0. The van der Waals surface area contributed by atoms with E-state index in [0.29, 0.717) is 5.01 Å². The van der Waals surface area contributed by atoms with Crippen LogP contribution in [0.2, 0.25) is 0 Å². The highest BCUT2D eigenvalue weighted by Crippen LogP contribution is 2.30. The molecule has 2 rings (SSSR count). The Bertz CT molecular complexity index is 634. The summed E-state index contributed by atoms with van der Waals surface area (Å²) in [7, 11) is 1.04. The Hall–Kier alpha value is -2.92. The number of pyridine rings is 1. The maximum atomic E-state index is 12.5. The van der Waals surface area contributed by atoms with Gasteiger partial charge in [-0.1, -0.05) is 11.2 Å². The second-order valence-electron chi connectivity index (χ2n) is 4.32. The SMILES string of the molecule is COC(=O)N1CC(c2ccc(C(F)(F)F)nc2)N=NN1C(=O)O. The molecule has 2 amide bonds. The number of ether oxygens (including phenoxy) is 1. The van der Waals surface area contributed by atoms with Crippen molar-refractivity contribution in [2.24, 2.45) is 10.3 Å². The number of hydrazine groups is 1. The predicted octanol–water partition coefficient (Wildman–Crippen LogP) is 2.49. The number of carbonyl (C=O) groups excluding carboxylic acids is 1. The summed E-state index contributed by atoms with van der Waals surface area (Å²) in [6.07, 6.45) is -6.21. The molecule has 1 aliphatic rings. The second-order valence-corrected chi connectivity index (χ2v) is 4.32. The smallest absolute Gasteiger partial charge is 0.449 e. The highest BCUT2D eigenvalue weighted by molar-refractivity contribution is 5.72. The standard InChI is InChI=1S/C11H10F3N5O4/c1-23-10(22)18-5-7(16-17-19(18)9(20)21)6-2-3-8(15-4-6)11(12,13)14/h2-4,7H,5H2,1H3,(H,20,21). The summed E-state index contributed by atoms with van der Waals surface area (Å²) in [4.78, 5) is 25.8. The van der Waals surface area contributed by atoms with Crippen LogP contribution >= 0.6 is 0 Å². The number of amides is 2. The van der Waals surface area contributed by atoms with Crippen LogP contribution in [0.3, 0.4) is 0 Å². The molecule has 1 aromatic rings. The van der Waals surface area contributed by atoms with Crippen molar-refractivity contribution in [1.29, 1.82) is 0 Å². The number of alkyl halides is 3. The second kappa shape index (κ2) is 6.06. The van der Waals surface area contributed by atoms with Crippen LogP contribution < -0.4 is 0 Å². The number of carbonyl (C=O) groups is 2. The maximum absolute atomic E-state index is 12.5. The summed E-state index contributed by atoms with van der Waals surface area (Å²) in [6, 6.07) is 1.02. The molecular weight excluding hydrogens is 323 g/mol. The van der Waals surface area contributed by atoms with Gasteiger partial charge < -0.3 is 9.84 Å². The largest absolute Gasteiger partial charge is 0.462 e. The van der Waals surface area contributed by atoms with Crippen LogP contribution in [0.15, 0.2) is 28.7 Å². The zero-order valence-corrected chi connectivity index (χ0v) is 11.6. The normalized spacial score (nSPS) is 18.0. The molecular formula is C11H10F3N5O4. The Morgan fingerprint density at radius 2 is 2.09 bits per heavy atom. The summed E-state index contributed by atoms with van der Waals surface area (Å²) in [5.74, 6) is 0. The Labute approximate surface area is 126 Å². The average molecular weight is 333 g/mol. The molecule has 0 saturated heterocycles. The van der Waals surface area contributed by atoms with Gasteiger partial charge in [-0.3, -0.25) is 4.98 Å². The van der Waals surface area contributed by atoms with Gasteiger partial charge in [0, 0.05) is 6.20 Å². The summed E-state index contributed by atoms with van der Waals surface area (Å²) in [6.45, 7) is -0.282. The van der Waals surface area contributed by atoms with E-state index in [1.165, 1.54) is 0 Å². The van der Waals surface area contributed by atoms with E-state index in [9.17, 15) is 22.8 Å². The summed E-state index contributed by atoms with van der Waals surface area (Å²) in [5.41, 5.74) is -0.841. The minimum Gasteiger partial charge on any atom is -0.462 e. The third-order valence-electron chi connectivity index (χ3n) is 2.87. The third-order valence-corrected chi connectivity index (χ3v) is 2.87. The van der Waals surface area contributed by atoms with Crippen molar-refractivity contribution >= 4 is 12.2 Å². The van der Waals surface area contributed by atoms with Crippen LogP contribution in [0, 0.1) is 0 Å². The summed E-state index contributed by atoms with van der Waals surface area (Å²) in [5, 5.41) is 16.9. The first kappa shape index (κ1) is 16.5. The molecule has 0 bridgehead atoms. The van der Waals surface area contributed by atoms with Gasteiger partial charge in [0.2, 0.25) is 0 Å². The number of nitrogens with zero attached hydrogens (tertiary/aromatic N) is 5. The molecule has 1 N–H and O–H groups in total. The number of methoxy groups -OCH3 is 1. The molecule has 0 aromatic carbocycles. The number of hydrogen-bond donors (Lipinski definition) is 1. The number of carboxylic acid groups (broad SMARTS) is 1. The zero-order chi connectivity index (χ0) is 17.2. The van der Waals surface area contributed by atoms with E-state index >= 15 is 0 Å². The molecule has 1 aromatic heterocycles. The van der Waals surface area contributed by atoms with Gasteiger partial charge in [-0.2, -0.15) is 23.3 Å². The molecule has 1 atom stereocenters. The molecule has 0 fully saturated rings. The van der Waals surface area contributed by atoms with E-state index in [4.69, 9.17) is 5.11 Å². The van der Waals surface area contributed by atoms with Crippen molar-refractivity contribution in [3.05, 3.63) is 29.6 Å². The quantitative estimate of drug-likeness (QED) is 0.849. The molecule has 124 valence electrons.